The van der Waals surface area contributed by atoms with Crippen LogP contribution >= 0.6 is 11.6 Å². The summed E-state index contributed by atoms with van der Waals surface area (Å²) < 4.78 is 1.65. The molecule has 18 heavy (non-hydrogen) atoms. The van der Waals surface area contributed by atoms with Crippen molar-refractivity contribution in [1.82, 2.24) is 9.78 Å². The fraction of sp³-hybridized carbons (Fsp3) is 0.250. The second-order valence-electron chi connectivity index (χ2n) is 3.97. The Labute approximate surface area is 109 Å². The van der Waals surface area contributed by atoms with E-state index >= 15 is 0 Å². The maximum Gasteiger partial charge on any atom is 0.274 e. The van der Waals surface area contributed by atoms with Gasteiger partial charge < -0.3 is 0 Å². The summed E-state index contributed by atoms with van der Waals surface area (Å²) in [5.41, 5.74) is 1.63. The summed E-state index contributed by atoms with van der Waals surface area (Å²) in [6, 6.07) is 6.64. The molecule has 0 fully saturated rings. The number of hydrogen-bond donors (Lipinski definition) is 0. The van der Waals surface area contributed by atoms with Gasteiger partial charge in [0, 0.05) is 17.8 Å². The van der Waals surface area contributed by atoms with Gasteiger partial charge in [-0.3, -0.25) is 14.8 Å². The van der Waals surface area contributed by atoms with Crippen LogP contribution in [0.3, 0.4) is 0 Å². The van der Waals surface area contributed by atoms with Crippen LogP contribution in [-0.4, -0.2) is 14.7 Å². The molecule has 0 aliphatic heterocycles. The molecule has 0 aliphatic rings. The predicted octanol–water partition coefficient (Wildman–Crippen LogP) is 3.14. The Bertz CT molecular complexity index is 566. The van der Waals surface area contributed by atoms with Crippen LogP contribution in [0, 0.1) is 10.1 Å². The summed E-state index contributed by atoms with van der Waals surface area (Å²) in [4.78, 5) is 10.5. The first-order chi connectivity index (χ1) is 8.58. The summed E-state index contributed by atoms with van der Waals surface area (Å²) in [7, 11) is 0. The van der Waals surface area contributed by atoms with E-state index in [2.05, 4.69) is 5.10 Å². The van der Waals surface area contributed by atoms with Gasteiger partial charge in [-0.1, -0.05) is 18.2 Å². The van der Waals surface area contributed by atoms with Crippen LogP contribution in [0.15, 0.2) is 36.7 Å². The highest BCUT2D eigenvalue weighted by molar-refractivity contribution is 6.20. The van der Waals surface area contributed by atoms with E-state index in [9.17, 15) is 10.1 Å². The lowest BCUT2D eigenvalue weighted by Crippen LogP contribution is -2.03. The smallest absolute Gasteiger partial charge is 0.268 e. The highest BCUT2D eigenvalue weighted by Gasteiger charge is 2.13. The van der Waals surface area contributed by atoms with Crippen LogP contribution in [0.1, 0.15) is 23.4 Å². The van der Waals surface area contributed by atoms with E-state index in [0.29, 0.717) is 12.1 Å². The highest BCUT2D eigenvalue weighted by atomic mass is 35.5. The second-order valence-corrected chi connectivity index (χ2v) is 4.63. The Balaban J connectivity index is 2.25. The molecule has 0 saturated carbocycles. The van der Waals surface area contributed by atoms with Gasteiger partial charge in [-0.15, -0.1) is 11.6 Å². The van der Waals surface area contributed by atoms with Crippen LogP contribution in [0.4, 0.5) is 5.69 Å². The summed E-state index contributed by atoms with van der Waals surface area (Å²) >= 11 is 5.94. The molecule has 1 atom stereocenters. The van der Waals surface area contributed by atoms with E-state index < -0.39 is 0 Å². The normalized spacial score (nSPS) is 12.3. The number of rotatable bonds is 4. The molecule has 1 unspecified atom stereocenters. The summed E-state index contributed by atoms with van der Waals surface area (Å²) in [5.74, 6) is 0. The van der Waals surface area contributed by atoms with E-state index in [0.717, 1.165) is 5.56 Å². The van der Waals surface area contributed by atoms with Gasteiger partial charge in [0.25, 0.3) is 5.69 Å². The first-order valence-electron chi connectivity index (χ1n) is 5.46. The third-order valence-electron chi connectivity index (χ3n) is 2.63. The molecule has 6 heteroatoms. The second kappa shape index (κ2) is 5.18. The number of nitrogens with zero attached hydrogens (tertiary/aromatic N) is 3. The minimum atomic E-state index is -0.385. The summed E-state index contributed by atoms with van der Waals surface area (Å²) in [6.07, 6.45) is 3.47. The molecule has 5 nitrogen and oxygen atoms in total. The highest BCUT2D eigenvalue weighted by Crippen LogP contribution is 2.21. The van der Waals surface area contributed by atoms with E-state index in [1.165, 1.54) is 6.07 Å². The van der Waals surface area contributed by atoms with Crippen molar-refractivity contribution < 1.29 is 4.92 Å². The van der Waals surface area contributed by atoms with Crippen LogP contribution in [-0.2, 0) is 6.54 Å². The number of halogens is 1. The van der Waals surface area contributed by atoms with E-state index in [1.54, 1.807) is 35.3 Å². The van der Waals surface area contributed by atoms with Crippen molar-refractivity contribution in [2.45, 2.75) is 18.8 Å². The van der Waals surface area contributed by atoms with Crippen LogP contribution in [0.2, 0.25) is 0 Å². The third kappa shape index (κ3) is 2.68. The molecule has 1 aromatic carbocycles. The zero-order valence-corrected chi connectivity index (χ0v) is 10.5. The Kier molecular flexibility index (Phi) is 3.62. The molecule has 1 aromatic heterocycles. The molecule has 0 spiro atoms. The molecule has 0 radical (unpaired) electrons. The van der Waals surface area contributed by atoms with Crippen LogP contribution in [0.25, 0.3) is 0 Å². The Morgan fingerprint density at radius 2 is 2.22 bits per heavy atom. The lowest BCUT2D eigenvalue weighted by Gasteiger charge is -2.03. The van der Waals surface area contributed by atoms with Crippen molar-refractivity contribution in [3.8, 4) is 0 Å². The van der Waals surface area contributed by atoms with Crippen molar-refractivity contribution in [3.05, 3.63) is 57.9 Å². The number of para-hydroxylation sites is 1. The molecule has 1 heterocycles. The molecule has 0 aliphatic carbocycles. The van der Waals surface area contributed by atoms with Gasteiger partial charge in [0.05, 0.1) is 28.6 Å². The fourth-order valence-electron chi connectivity index (χ4n) is 1.67. The third-order valence-corrected chi connectivity index (χ3v) is 2.89. The van der Waals surface area contributed by atoms with Gasteiger partial charge in [0.1, 0.15) is 0 Å². The topological polar surface area (TPSA) is 61.0 Å². The Morgan fingerprint density at radius 3 is 2.83 bits per heavy atom. The average Bonchev–Trinajstić information content (AvgIpc) is 2.78. The molecule has 94 valence electrons. The zero-order valence-electron chi connectivity index (χ0n) is 9.78. The minimum Gasteiger partial charge on any atom is -0.268 e. The Hall–Kier alpha value is -1.88. The van der Waals surface area contributed by atoms with E-state index in [-0.39, 0.29) is 16.0 Å². The zero-order chi connectivity index (χ0) is 13.1. The quantitative estimate of drug-likeness (QED) is 0.485. The fourth-order valence-corrected chi connectivity index (χ4v) is 1.78. The lowest BCUT2D eigenvalue weighted by atomic mass is 10.2. The number of benzene rings is 1. The van der Waals surface area contributed by atoms with Gasteiger partial charge >= 0.3 is 0 Å². The number of nitro groups is 1. The number of aromatic nitrogens is 2. The maximum atomic E-state index is 10.9. The molecule has 0 bridgehead atoms. The van der Waals surface area contributed by atoms with Crippen molar-refractivity contribution in [2.75, 3.05) is 0 Å². The van der Waals surface area contributed by atoms with Gasteiger partial charge in [0.15, 0.2) is 0 Å². The van der Waals surface area contributed by atoms with E-state index in [4.69, 9.17) is 11.6 Å². The first kappa shape index (κ1) is 12.6. The molecule has 0 amide bonds. The van der Waals surface area contributed by atoms with E-state index in [1.807, 2.05) is 6.92 Å². The number of nitro benzene ring substituents is 1. The van der Waals surface area contributed by atoms with Crippen molar-refractivity contribution in [3.63, 3.8) is 0 Å². The molecule has 2 rings (SSSR count). The number of alkyl halides is 1. The number of hydrogen-bond acceptors (Lipinski definition) is 3. The summed E-state index contributed by atoms with van der Waals surface area (Å²) in [5, 5.41) is 14.9. The van der Waals surface area contributed by atoms with Gasteiger partial charge in [0.2, 0.25) is 0 Å². The monoisotopic (exact) mass is 265 g/mol. The Morgan fingerprint density at radius 1 is 1.50 bits per heavy atom. The largest absolute Gasteiger partial charge is 0.274 e. The first-order valence-corrected chi connectivity index (χ1v) is 5.90. The minimum absolute atomic E-state index is 0.105. The lowest BCUT2D eigenvalue weighted by molar-refractivity contribution is -0.385. The maximum absolute atomic E-state index is 10.9. The molecular formula is C12H12ClN3O2. The molecular weight excluding hydrogens is 254 g/mol. The van der Waals surface area contributed by atoms with Gasteiger partial charge in [-0.2, -0.15) is 5.10 Å². The van der Waals surface area contributed by atoms with Crippen molar-refractivity contribution >= 4 is 17.3 Å². The summed E-state index contributed by atoms with van der Waals surface area (Å²) in [6.45, 7) is 2.22. The van der Waals surface area contributed by atoms with Crippen LogP contribution < -0.4 is 0 Å². The van der Waals surface area contributed by atoms with Crippen LogP contribution in [0.5, 0.6) is 0 Å². The van der Waals surface area contributed by atoms with Crippen molar-refractivity contribution in [2.24, 2.45) is 0 Å². The average molecular weight is 266 g/mol. The standard InChI is InChI=1S/C12H12ClN3O2/c1-9(13)11-6-14-15(8-11)7-10-4-2-3-5-12(10)16(17)18/h2-6,8-9H,7H2,1H3. The molecule has 0 N–H and O–H groups in total. The molecule has 0 saturated heterocycles. The predicted molar refractivity (Wildman–Crippen MR) is 68.7 cm³/mol. The SMILES string of the molecule is CC(Cl)c1cnn(Cc2ccccc2[N+](=O)[O-])c1. The van der Waals surface area contributed by atoms with Crippen molar-refractivity contribution in [1.29, 1.82) is 0 Å². The van der Waals surface area contributed by atoms with Gasteiger partial charge in [-0.25, -0.2) is 0 Å². The molecule has 2 aromatic rings. The van der Waals surface area contributed by atoms with Gasteiger partial charge in [-0.05, 0) is 6.92 Å².